The van der Waals surface area contributed by atoms with Gasteiger partial charge >= 0.3 is 5.97 Å². The van der Waals surface area contributed by atoms with Crippen LogP contribution in [-0.2, 0) is 9.53 Å². The van der Waals surface area contributed by atoms with E-state index in [0.29, 0.717) is 40.9 Å². The van der Waals surface area contributed by atoms with E-state index in [9.17, 15) is 4.79 Å². The van der Waals surface area contributed by atoms with Crippen LogP contribution in [0.25, 0.3) is 6.08 Å². The molecule has 0 aliphatic carbocycles. The van der Waals surface area contributed by atoms with Crippen molar-refractivity contribution in [1.29, 1.82) is 0 Å². The Kier molecular flexibility index (Phi) is 6.54. The van der Waals surface area contributed by atoms with Gasteiger partial charge in [0, 0.05) is 10.0 Å². The van der Waals surface area contributed by atoms with E-state index >= 15 is 0 Å². The van der Waals surface area contributed by atoms with Crippen molar-refractivity contribution >= 4 is 45.5 Å². The van der Waals surface area contributed by atoms with Gasteiger partial charge in [0.15, 0.2) is 17.2 Å². The van der Waals surface area contributed by atoms with Crippen molar-refractivity contribution in [2.75, 3.05) is 13.2 Å². The SMILES string of the molecule is C=CCOc1c(Cl)cc(/C=C2\N=C(c3cccc(Br)c3)OC2=O)cc1OCC. The summed E-state index contributed by atoms with van der Waals surface area (Å²) < 4.78 is 17.4. The molecule has 28 heavy (non-hydrogen) atoms. The lowest BCUT2D eigenvalue weighted by Gasteiger charge is -2.13. The van der Waals surface area contributed by atoms with E-state index in [0.717, 1.165) is 4.47 Å². The molecule has 1 heterocycles. The summed E-state index contributed by atoms with van der Waals surface area (Å²) in [6.07, 6.45) is 3.22. The van der Waals surface area contributed by atoms with Crippen LogP contribution in [0.4, 0.5) is 0 Å². The number of rotatable bonds is 7. The van der Waals surface area contributed by atoms with E-state index in [1.165, 1.54) is 0 Å². The van der Waals surface area contributed by atoms with Crippen molar-refractivity contribution in [3.63, 3.8) is 0 Å². The van der Waals surface area contributed by atoms with Gasteiger partial charge in [0.25, 0.3) is 0 Å². The number of carbonyl (C=O) groups excluding carboxylic acids is 1. The average Bonchev–Trinajstić information content (AvgIpc) is 3.02. The number of carbonyl (C=O) groups is 1. The minimum absolute atomic E-state index is 0.174. The Morgan fingerprint density at radius 2 is 2.11 bits per heavy atom. The fraction of sp³-hybridized carbons (Fsp3) is 0.143. The molecule has 1 aliphatic rings. The summed E-state index contributed by atoms with van der Waals surface area (Å²) in [6.45, 7) is 6.22. The molecule has 7 heteroatoms. The van der Waals surface area contributed by atoms with Gasteiger partial charge < -0.3 is 14.2 Å². The molecule has 3 rings (SSSR count). The second-order valence-electron chi connectivity index (χ2n) is 5.71. The number of cyclic esters (lactones) is 1. The second kappa shape index (κ2) is 9.08. The predicted octanol–water partition coefficient (Wildman–Crippen LogP) is 5.41. The minimum atomic E-state index is -0.531. The van der Waals surface area contributed by atoms with Crippen molar-refractivity contribution in [3.05, 3.63) is 75.4 Å². The highest BCUT2D eigenvalue weighted by Gasteiger charge is 2.24. The molecule has 2 aromatic carbocycles. The second-order valence-corrected chi connectivity index (χ2v) is 7.03. The fourth-order valence-electron chi connectivity index (χ4n) is 2.53. The normalized spacial score (nSPS) is 14.6. The lowest BCUT2D eigenvalue weighted by atomic mass is 10.1. The number of aliphatic imine (C=N–C) groups is 1. The highest BCUT2D eigenvalue weighted by Crippen LogP contribution is 2.37. The van der Waals surface area contributed by atoms with Crippen molar-refractivity contribution in [2.45, 2.75) is 6.92 Å². The maximum absolute atomic E-state index is 12.2. The van der Waals surface area contributed by atoms with Crippen molar-refractivity contribution in [2.24, 2.45) is 4.99 Å². The summed E-state index contributed by atoms with van der Waals surface area (Å²) >= 11 is 9.74. The summed E-state index contributed by atoms with van der Waals surface area (Å²) in [5.41, 5.74) is 1.52. The lowest BCUT2D eigenvalue weighted by Crippen LogP contribution is -2.05. The molecule has 0 N–H and O–H groups in total. The van der Waals surface area contributed by atoms with Crippen molar-refractivity contribution < 1.29 is 19.0 Å². The first-order valence-corrected chi connectivity index (χ1v) is 9.67. The maximum Gasteiger partial charge on any atom is 0.363 e. The Labute approximate surface area is 176 Å². The van der Waals surface area contributed by atoms with Gasteiger partial charge in [-0.3, -0.25) is 0 Å². The molecule has 144 valence electrons. The maximum atomic E-state index is 12.2. The number of benzene rings is 2. The van der Waals surface area contributed by atoms with Gasteiger partial charge in [-0.05, 0) is 48.9 Å². The number of esters is 1. The van der Waals surface area contributed by atoms with E-state index in [2.05, 4.69) is 27.5 Å². The fourth-order valence-corrected chi connectivity index (χ4v) is 3.20. The summed E-state index contributed by atoms with van der Waals surface area (Å²) in [7, 11) is 0. The third-order valence-electron chi connectivity index (χ3n) is 3.67. The van der Waals surface area contributed by atoms with Crippen LogP contribution in [0.15, 0.2) is 64.2 Å². The number of ether oxygens (including phenoxy) is 3. The lowest BCUT2D eigenvalue weighted by molar-refractivity contribution is -0.129. The third kappa shape index (κ3) is 4.64. The summed E-state index contributed by atoms with van der Waals surface area (Å²) in [6, 6.07) is 10.8. The van der Waals surface area contributed by atoms with Gasteiger partial charge in [0.2, 0.25) is 5.90 Å². The molecule has 0 bridgehead atoms. The Bertz CT molecular complexity index is 984. The molecule has 0 aromatic heterocycles. The van der Waals surface area contributed by atoms with E-state index in [1.807, 2.05) is 31.2 Å². The molecular formula is C21H17BrClNO4. The highest BCUT2D eigenvalue weighted by molar-refractivity contribution is 9.10. The molecule has 0 amide bonds. The first-order valence-electron chi connectivity index (χ1n) is 8.50. The summed E-state index contributed by atoms with van der Waals surface area (Å²) in [5, 5.41) is 0.363. The molecule has 0 unspecified atom stereocenters. The molecule has 5 nitrogen and oxygen atoms in total. The van der Waals surface area contributed by atoms with Crippen LogP contribution in [0.3, 0.4) is 0 Å². The average molecular weight is 463 g/mol. The van der Waals surface area contributed by atoms with Crippen LogP contribution in [0.2, 0.25) is 5.02 Å². The first kappa shape index (κ1) is 20.2. The molecule has 1 aliphatic heterocycles. The van der Waals surface area contributed by atoms with Gasteiger partial charge in [0.05, 0.1) is 11.6 Å². The van der Waals surface area contributed by atoms with Gasteiger partial charge in [-0.15, -0.1) is 0 Å². The number of nitrogens with zero attached hydrogens (tertiary/aromatic N) is 1. The van der Waals surface area contributed by atoms with Crippen molar-refractivity contribution in [3.8, 4) is 11.5 Å². The van der Waals surface area contributed by atoms with Crippen molar-refractivity contribution in [1.82, 2.24) is 0 Å². The van der Waals surface area contributed by atoms with Crippen LogP contribution >= 0.6 is 27.5 Å². The Morgan fingerprint density at radius 1 is 1.29 bits per heavy atom. The highest BCUT2D eigenvalue weighted by atomic mass is 79.9. The quantitative estimate of drug-likeness (QED) is 0.314. The smallest absolute Gasteiger partial charge is 0.363 e. The molecule has 2 aromatic rings. The zero-order valence-corrected chi connectivity index (χ0v) is 17.4. The summed E-state index contributed by atoms with van der Waals surface area (Å²) in [4.78, 5) is 16.5. The van der Waals surface area contributed by atoms with E-state index < -0.39 is 5.97 Å². The van der Waals surface area contributed by atoms with Gasteiger partial charge in [-0.2, -0.15) is 0 Å². The Balaban J connectivity index is 1.95. The van der Waals surface area contributed by atoms with Crippen LogP contribution in [0, 0.1) is 0 Å². The topological polar surface area (TPSA) is 57.1 Å². The molecular weight excluding hydrogens is 446 g/mol. The zero-order chi connectivity index (χ0) is 20.1. The number of hydrogen-bond acceptors (Lipinski definition) is 5. The van der Waals surface area contributed by atoms with E-state index in [1.54, 1.807) is 24.3 Å². The molecule has 0 fully saturated rings. The predicted molar refractivity (Wildman–Crippen MR) is 113 cm³/mol. The largest absolute Gasteiger partial charge is 0.490 e. The Hall–Kier alpha value is -2.57. The monoisotopic (exact) mass is 461 g/mol. The summed E-state index contributed by atoms with van der Waals surface area (Å²) in [5.74, 6) is 0.625. The molecule has 0 spiro atoms. The van der Waals surface area contributed by atoms with Gasteiger partial charge in [-0.1, -0.05) is 46.3 Å². The number of hydrogen-bond donors (Lipinski definition) is 0. The molecule has 0 atom stereocenters. The minimum Gasteiger partial charge on any atom is -0.490 e. The van der Waals surface area contributed by atoms with Crippen LogP contribution < -0.4 is 9.47 Å². The zero-order valence-electron chi connectivity index (χ0n) is 15.1. The van der Waals surface area contributed by atoms with Gasteiger partial charge in [-0.25, -0.2) is 9.79 Å². The number of halogens is 2. The van der Waals surface area contributed by atoms with Crippen LogP contribution in [0.1, 0.15) is 18.1 Å². The molecule has 0 saturated carbocycles. The van der Waals surface area contributed by atoms with E-state index in [4.69, 9.17) is 25.8 Å². The van der Waals surface area contributed by atoms with Crippen LogP contribution in [-0.4, -0.2) is 25.1 Å². The first-order chi connectivity index (χ1) is 13.5. The van der Waals surface area contributed by atoms with E-state index in [-0.39, 0.29) is 11.6 Å². The molecule has 0 saturated heterocycles. The third-order valence-corrected chi connectivity index (χ3v) is 4.45. The van der Waals surface area contributed by atoms with Gasteiger partial charge in [0.1, 0.15) is 6.61 Å². The standard InChI is InChI=1S/C21H17BrClNO4/c1-3-8-27-19-16(23)9-13(11-18(19)26-4-2)10-17-21(25)28-20(24-17)14-6-5-7-15(22)12-14/h3,5-7,9-12H,1,4,8H2,2H3/b17-10-. The molecule has 0 radical (unpaired) electrons. The Morgan fingerprint density at radius 3 is 2.82 bits per heavy atom. The van der Waals surface area contributed by atoms with Crippen LogP contribution in [0.5, 0.6) is 11.5 Å².